The van der Waals surface area contributed by atoms with Gasteiger partial charge in [-0.3, -0.25) is 9.89 Å². The lowest BCUT2D eigenvalue weighted by molar-refractivity contribution is 0.655. The number of nitrogens with two attached hydrogens (primary N) is 1. The van der Waals surface area contributed by atoms with E-state index in [1.54, 1.807) is 19.4 Å². The smallest absolute Gasteiger partial charge is 0.274 e. The molecule has 0 aliphatic carbocycles. The van der Waals surface area contributed by atoms with Crippen molar-refractivity contribution in [2.45, 2.75) is 19.4 Å². The summed E-state index contributed by atoms with van der Waals surface area (Å²) >= 11 is 0. The van der Waals surface area contributed by atoms with E-state index in [2.05, 4.69) is 25.0 Å². The molecule has 0 radical (unpaired) electrons. The maximum atomic E-state index is 11.7. The molecule has 3 rings (SSSR count). The van der Waals surface area contributed by atoms with Gasteiger partial charge in [-0.2, -0.15) is 9.50 Å². The first kappa shape index (κ1) is 11.6. The van der Waals surface area contributed by atoms with E-state index < -0.39 is 0 Å². The summed E-state index contributed by atoms with van der Waals surface area (Å²) in [5, 5.41) is 2.87. The minimum atomic E-state index is -0.359. The van der Waals surface area contributed by atoms with Crippen LogP contribution in [-0.2, 0) is 6.42 Å². The number of aromatic nitrogens is 6. The third-order valence-electron chi connectivity index (χ3n) is 2.82. The molecule has 0 aromatic carbocycles. The van der Waals surface area contributed by atoms with Gasteiger partial charge in [0.05, 0.1) is 12.4 Å². The predicted octanol–water partition coefficient (Wildman–Crippen LogP) is -0.308. The van der Waals surface area contributed by atoms with E-state index >= 15 is 0 Å². The average molecular weight is 259 g/mol. The number of rotatable bonds is 3. The van der Waals surface area contributed by atoms with Crippen molar-refractivity contribution in [3.63, 3.8) is 0 Å². The fourth-order valence-electron chi connectivity index (χ4n) is 1.90. The number of hydrogen-bond donors (Lipinski definition) is 3. The molecule has 0 fully saturated rings. The zero-order valence-electron chi connectivity index (χ0n) is 10.3. The van der Waals surface area contributed by atoms with Gasteiger partial charge in [-0.25, -0.2) is 9.97 Å². The molecule has 19 heavy (non-hydrogen) atoms. The average Bonchev–Trinajstić information content (AvgIpc) is 2.97. The first-order valence-electron chi connectivity index (χ1n) is 5.82. The Hall–Kier alpha value is -2.48. The zero-order chi connectivity index (χ0) is 13.4. The van der Waals surface area contributed by atoms with Crippen LogP contribution in [0.5, 0.6) is 0 Å². The molecular formula is C11H13N7O. The third-order valence-corrected chi connectivity index (χ3v) is 2.82. The van der Waals surface area contributed by atoms with Gasteiger partial charge >= 0.3 is 0 Å². The van der Waals surface area contributed by atoms with Crippen LogP contribution in [0.4, 0.5) is 0 Å². The van der Waals surface area contributed by atoms with Crippen LogP contribution in [0.1, 0.15) is 23.3 Å². The van der Waals surface area contributed by atoms with Crippen molar-refractivity contribution in [3.8, 4) is 0 Å². The first-order valence-corrected chi connectivity index (χ1v) is 5.82. The second-order valence-electron chi connectivity index (χ2n) is 4.37. The molecule has 1 atom stereocenters. The van der Waals surface area contributed by atoms with Crippen LogP contribution in [0, 0.1) is 6.92 Å². The van der Waals surface area contributed by atoms with Crippen LogP contribution in [-0.4, -0.2) is 29.5 Å². The Morgan fingerprint density at radius 2 is 2.32 bits per heavy atom. The summed E-state index contributed by atoms with van der Waals surface area (Å²) in [7, 11) is 0. The monoisotopic (exact) mass is 259 g/mol. The zero-order valence-corrected chi connectivity index (χ0v) is 10.3. The number of nitrogens with zero attached hydrogens (tertiary/aromatic N) is 4. The fourth-order valence-corrected chi connectivity index (χ4v) is 1.90. The number of hydrogen-bond acceptors (Lipinski definition) is 5. The molecule has 0 saturated heterocycles. The Balaban J connectivity index is 1.97. The SMILES string of the molecule is Cc1cc(=O)n2[nH]c(C(N)Cc3cnc[nH]3)nc2n1. The molecule has 98 valence electrons. The van der Waals surface area contributed by atoms with E-state index in [9.17, 15) is 4.79 Å². The number of H-pyrrole nitrogens is 2. The van der Waals surface area contributed by atoms with Gasteiger partial charge < -0.3 is 10.7 Å². The largest absolute Gasteiger partial charge is 0.348 e. The lowest BCUT2D eigenvalue weighted by Gasteiger charge is -2.05. The molecule has 0 amide bonds. The molecule has 8 nitrogen and oxygen atoms in total. The van der Waals surface area contributed by atoms with Gasteiger partial charge in [0, 0.05) is 30.1 Å². The topological polar surface area (TPSA) is 118 Å². The lowest BCUT2D eigenvalue weighted by atomic mass is 10.2. The van der Waals surface area contributed by atoms with Crippen LogP contribution in [0.15, 0.2) is 23.4 Å². The van der Waals surface area contributed by atoms with Crippen molar-refractivity contribution in [3.05, 3.63) is 46.2 Å². The molecule has 4 N–H and O–H groups in total. The van der Waals surface area contributed by atoms with Gasteiger partial charge in [-0.05, 0) is 6.92 Å². The highest BCUT2D eigenvalue weighted by Crippen LogP contribution is 2.10. The van der Waals surface area contributed by atoms with Crippen molar-refractivity contribution < 1.29 is 0 Å². The van der Waals surface area contributed by atoms with E-state index in [-0.39, 0.29) is 11.6 Å². The highest BCUT2D eigenvalue weighted by molar-refractivity contribution is 5.28. The van der Waals surface area contributed by atoms with Gasteiger partial charge in [0.25, 0.3) is 11.3 Å². The second kappa shape index (κ2) is 4.32. The number of aromatic amines is 2. The Kier molecular flexibility index (Phi) is 2.64. The normalized spacial score (nSPS) is 12.9. The quantitative estimate of drug-likeness (QED) is 0.596. The van der Waals surface area contributed by atoms with Crippen molar-refractivity contribution >= 4 is 5.78 Å². The summed E-state index contributed by atoms with van der Waals surface area (Å²) in [4.78, 5) is 27.1. The molecule has 3 heterocycles. The Morgan fingerprint density at radius 1 is 1.47 bits per heavy atom. The van der Waals surface area contributed by atoms with Crippen molar-refractivity contribution in [1.82, 2.24) is 29.5 Å². The minimum Gasteiger partial charge on any atom is -0.348 e. The highest BCUT2D eigenvalue weighted by Gasteiger charge is 2.14. The maximum absolute atomic E-state index is 11.7. The molecule has 0 spiro atoms. The Bertz CT molecular complexity index is 755. The van der Waals surface area contributed by atoms with Crippen molar-refractivity contribution in [2.24, 2.45) is 5.73 Å². The summed E-state index contributed by atoms with van der Waals surface area (Å²) in [6.45, 7) is 1.75. The van der Waals surface area contributed by atoms with E-state index in [1.807, 2.05) is 0 Å². The van der Waals surface area contributed by atoms with Gasteiger partial charge in [0.1, 0.15) is 5.82 Å². The fraction of sp³-hybridized carbons (Fsp3) is 0.273. The lowest BCUT2D eigenvalue weighted by Crippen LogP contribution is -2.17. The summed E-state index contributed by atoms with van der Waals surface area (Å²) in [6, 6.07) is 1.08. The van der Waals surface area contributed by atoms with E-state index in [0.717, 1.165) is 5.69 Å². The van der Waals surface area contributed by atoms with Gasteiger partial charge in [0.15, 0.2) is 0 Å². The molecule has 1 unspecified atom stereocenters. The third kappa shape index (κ3) is 2.13. The summed E-state index contributed by atoms with van der Waals surface area (Å²) in [5.74, 6) is 0.852. The number of nitrogens with one attached hydrogen (secondary N) is 2. The second-order valence-corrected chi connectivity index (χ2v) is 4.37. The maximum Gasteiger partial charge on any atom is 0.274 e. The van der Waals surface area contributed by atoms with E-state index in [1.165, 1.54) is 10.6 Å². The van der Waals surface area contributed by atoms with Crippen LogP contribution >= 0.6 is 0 Å². The van der Waals surface area contributed by atoms with Crippen LogP contribution < -0.4 is 11.3 Å². The first-order chi connectivity index (χ1) is 9.13. The Labute approximate surface area is 107 Å². The van der Waals surface area contributed by atoms with Crippen molar-refractivity contribution in [1.29, 1.82) is 0 Å². The van der Waals surface area contributed by atoms with Crippen molar-refractivity contribution in [2.75, 3.05) is 0 Å². The minimum absolute atomic E-state index is 0.199. The number of aryl methyl sites for hydroxylation is 1. The van der Waals surface area contributed by atoms with Crippen LogP contribution in [0.2, 0.25) is 0 Å². The van der Waals surface area contributed by atoms with Crippen LogP contribution in [0.3, 0.4) is 0 Å². The molecule has 0 aliphatic rings. The standard InChI is InChI=1S/C11H13N7O/c1-6-2-9(19)18-11(15-6)16-10(17-18)8(12)3-7-4-13-5-14-7/h2,4-5,8H,3,12H2,1H3,(H,13,14)(H,15,16,17). The van der Waals surface area contributed by atoms with Crippen LogP contribution in [0.25, 0.3) is 5.78 Å². The predicted molar refractivity (Wildman–Crippen MR) is 67.6 cm³/mol. The number of imidazole rings is 1. The molecule has 0 saturated carbocycles. The molecule has 3 aromatic heterocycles. The van der Waals surface area contributed by atoms with E-state index in [4.69, 9.17) is 5.73 Å². The Morgan fingerprint density at radius 3 is 3.05 bits per heavy atom. The summed E-state index contributed by atoms with van der Waals surface area (Å²) in [6.07, 6.45) is 3.85. The van der Waals surface area contributed by atoms with Gasteiger partial charge in [0.2, 0.25) is 0 Å². The molecule has 8 heteroatoms. The summed E-state index contributed by atoms with van der Waals surface area (Å²) in [5.41, 5.74) is 7.39. The molecule has 0 aliphatic heterocycles. The van der Waals surface area contributed by atoms with Gasteiger partial charge in [-0.15, -0.1) is 0 Å². The molecular weight excluding hydrogens is 246 g/mol. The van der Waals surface area contributed by atoms with E-state index in [0.29, 0.717) is 23.7 Å². The molecule has 0 bridgehead atoms. The highest BCUT2D eigenvalue weighted by atomic mass is 16.1. The number of fused-ring (bicyclic) bond motifs is 1. The molecule has 3 aromatic rings. The van der Waals surface area contributed by atoms with Gasteiger partial charge in [-0.1, -0.05) is 0 Å². The summed E-state index contributed by atoms with van der Waals surface area (Å²) < 4.78 is 1.29.